The Balaban J connectivity index is 1.46. The van der Waals surface area contributed by atoms with Gasteiger partial charge in [-0.1, -0.05) is 0 Å². The van der Waals surface area contributed by atoms with E-state index in [4.69, 9.17) is 0 Å². The first-order valence-corrected chi connectivity index (χ1v) is 9.40. The number of carbonyl (C=O) groups is 1. The number of aryl methyl sites for hydroxylation is 1. The molecule has 2 aromatic heterocycles. The highest BCUT2D eigenvalue weighted by Crippen LogP contribution is 2.21. The quantitative estimate of drug-likeness (QED) is 0.527. The van der Waals surface area contributed by atoms with Crippen molar-refractivity contribution < 1.29 is 4.79 Å². The molecule has 0 saturated carbocycles. The Hall–Kier alpha value is -4.07. The summed E-state index contributed by atoms with van der Waals surface area (Å²) < 4.78 is 0. The normalized spacial score (nSPS) is 10.6. The number of aromatic nitrogens is 4. The summed E-state index contributed by atoms with van der Waals surface area (Å²) in [4.78, 5) is 31.8. The zero-order chi connectivity index (χ0) is 21.1. The first-order chi connectivity index (χ1) is 14.5. The summed E-state index contributed by atoms with van der Waals surface area (Å²) in [6.45, 7) is 1.86. The molecule has 4 aromatic rings. The molecule has 8 heteroatoms. The molecule has 0 radical (unpaired) electrons. The third-order valence-electron chi connectivity index (χ3n) is 4.43. The summed E-state index contributed by atoms with van der Waals surface area (Å²) in [7, 11) is 3.87. The molecular weight excluding hydrogens is 378 g/mol. The van der Waals surface area contributed by atoms with E-state index >= 15 is 0 Å². The molecule has 0 spiro atoms. The topological polar surface area (TPSA) is 95.9 Å². The predicted octanol–water partition coefficient (Wildman–Crippen LogP) is 3.79. The molecule has 0 aliphatic heterocycles. The zero-order valence-corrected chi connectivity index (χ0v) is 16.9. The van der Waals surface area contributed by atoms with Crippen LogP contribution in [0.15, 0.2) is 60.9 Å². The summed E-state index contributed by atoms with van der Waals surface area (Å²) in [5.74, 6) is 2.02. The Bertz CT molecular complexity index is 1210. The lowest BCUT2D eigenvalue weighted by Crippen LogP contribution is -2.12. The molecule has 0 unspecified atom stereocenters. The van der Waals surface area contributed by atoms with Gasteiger partial charge in [-0.25, -0.2) is 9.97 Å². The number of fused-ring (bicyclic) bond motifs is 1. The number of hydrogen-bond donors (Lipinski definition) is 2. The van der Waals surface area contributed by atoms with Gasteiger partial charge >= 0.3 is 0 Å². The number of nitrogens with zero attached hydrogens (tertiary/aromatic N) is 5. The van der Waals surface area contributed by atoms with Crippen LogP contribution >= 0.6 is 0 Å². The average molecular weight is 399 g/mol. The van der Waals surface area contributed by atoms with E-state index in [2.05, 4.69) is 30.6 Å². The first-order valence-electron chi connectivity index (χ1n) is 9.40. The number of benzene rings is 2. The van der Waals surface area contributed by atoms with Crippen LogP contribution in [0, 0.1) is 6.92 Å². The SMILES string of the molecule is Cc1nc(Nc2ccc(NC(=O)c3ccc4nccnc4c3)cc2)cc(N(C)C)n1. The van der Waals surface area contributed by atoms with Crippen LogP contribution in [0.4, 0.5) is 23.0 Å². The van der Waals surface area contributed by atoms with Crippen LogP contribution in [0.2, 0.25) is 0 Å². The molecule has 8 nitrogen and oxygen atoms in total. The van der Waals surface area contributed by atoms with Crippen molar-refractivity contribution in [2.45, 2.75) is 6.92 Å². The monoisotopic (exact) mass is 399 g/mol. The Morgan fingerprint density at radius 1 is 0.867 bits per heavy atom. The van der Waals surface area contributed by atoms with Crippen LogP contribution in [0.5, 0.6) is 0 Å². The molecule has 1 amide bonds. The number of hydrogen-bond acceptors (Lipinski definition) is 7. The van der Waals surface area contributed by atoms with Gasteiger partial charge < -0.3 is 15.5 Å². The number of carbonyl (C=O) groups excluding carboxylic acids is 1. The fourth-order valence-corrected chi connectivity index (χ4v) is 2.94. The Morgan fingerprint density at radius 3 is 2.30 bits per heavy atom. The lowest BCUT2D eigenvalue weighted by molar-refractivity contribution is 0.102. The zero-order valence-electron chi connectivity index (χ0n) is 16.9. The summed E-state index contributed by atoms with van der Waals surface area (Å²) in [5.41, 5.74) is 3.51. The van der Waals surface area contributed by atoms with Crippen molar-refractivity contribution in [2.75, 3.05) is 29.6 Å². The molecule has 2 N–H and O–H groups in total. The van der Waals surface area contributed by atoms with Gasteiger partial charge in [-0.2, -0.15) is 0 Å². The summed E-state index contributed by atoms with van der Waals surface area (Å²) in [5, 5.41) is 6.17. The Labute approximate surface area is 174 Å². The van der Waals surface area contributed by atoms with Crippen LogP contribution in [0.3, 0.4) is 0 Å². The molecule has 2 aromatic carbocycles. The minimum Gasteiger partial charge on any atom is -0.363 e. The molecule has 0 fully saturated rings. The van der Waals surface area contributed by atoms with Crippen molar-refractivity contribution in [1.29, 1.82) is 0 Å². The van der Waals surface area contributed by atoms with Gasteiger partial charge in [0.1, 0.15) is 17.5 Å². The van der Waals surface area contributed by atoms with E-state index in [-0.39, 0.29) is 5.91 Å². The van der Waals surface area contributed by atoms with Crippen molar-refractivity contribution in [3.05, 3.63) is 72.3 Å². The highest BCUT2D eigenvalue weighted by molar-refractivity contribution is 6.05. The lowest BCUT2D eigenvalue weighted by atomic mass is 10.1. The van der Waals surface area contributed by atoms with Crippen LogP contribution in [0.1, 0.15) is 16.2 Å². The van der Waals surface area contributed by atoms with Gasteiger partial charge in [0.15, 0.2) is 0 Å². The van der Waals surface area contributed by atoms with Crippen LogP contribution in [-0.4, -0.2) is 39.9 Å². The van der Waals surface area contributed by atoms with Gasteiger partial charge in [-0.15, -0.1) is 0 Å². The number of amides is 1. The second-order valence-electron chi connectivity index (χ2n) is 6.97. The summed E-state index contributed by atoms with van der Waals surface area (Å²) in [6, 6.07) is 14.6. The highest BCUT2D eigenvalue weighted by Gasteiger charge is 2.09. The number of rotatable bonds is 5. The maximum absolute atomic E-state index is 12.6. The van der Waals surface area contributed by atoms with Crippen LogP contribution < -0.4 is 15.5 Å². The van der Waals surface area contributed by atoms with Crippen molar-refractivity contribution in [1.82, 2.24) is 19.9 Å². The van der Waals surface area contributed by atoms with Crippen molar-refractivity contribution >= 4 is 40.0 Å². The number of nitrogens with one attached hydrogen (secondary N) is 2. The van der Waals surface area contributed by atoms with E-state index in [0.29, 0.717) is 28.4 Å². The van der Waals surface area contributed by atoms with Gasteiger partial charge in [0.2, 0.25) is 0 Å². The third kappa shape index (κ3) is 4.33. The predicted molar refractivity (Wildman–Crippen MR) is 118 cm³/mol. The summed E-state index contributed by atoms with van der Waals surface area (Å²) >= 11 is 0. The van der Waals surface area contributed by atoms with Crippen molar-refractivity contribution in [3.63, 3.8) is 0 Å². The first kappa shape index (κ1) is 19.3. The molecule has 30 heavy (non-hydrogen) atoms. The summed E-state index contributed by atoms with van der Waals surface area (Å²) in [6.07, 6.45) is 3.23. The maximum atomic E-state index is 12.6. The van der Waals surface area contributed by atoms with E-state index in [1.165, 1.54) is 0 Å². The van der Waals surface area contributed by atoms with Gasteiger partial charge in [0.25, 0.3) is 5.91 Å². The van der Waals surface area contributed by atoms with E-state index in [0.717, 1.165) is 17.0 Å². The van der Waals surface area contributed by atoms with Gasteiger partial charge in [-0.05, 0) is 49.4 Å². The fraction of sp³-hybridized carbons (Fsp3) is 0.136. The molecule has 2 heterocycles. The standard InChI is InChI=1S/C22H21N7O/c1-14-25-20(13-21(26-14)29(2)3)27-16-5-7-17(8-6-16)28-22(30)15-4-9-18-19(12-15)24-11-10-23-18/h4-13H,1-3H3,(H,28,30)(H,25,26,27). The highest BCUT2D eigenvalue weighted by atomic mass is 16.1. The molecular formula is C22H21N7O. The third-order valence-corrected chi connectivity index (χ3v) is 4.43. The van der Waals surface area contributed by atoms with E-state index in [1.54, 1.807) is 30.6 Å². The Kier molecular flexibility index (Phi) is 5.21. The molecule has 0 saturated heterocycles. The molecule has 0 bridgehead atoms. The maximum Gasteiger partial charge on any atom is 0.255 e. The number of anilines is 4. The average Bonchev–Trinajstić information content (AvgIpc) is 2.74. The van der Waals surface area contributed by atoms with E-state index in [1.807, 2.05) is 56.3 Å². The van der Waals surface area contributed by atoms with Crippen LogP contribution in [-0.2, 0) is 0 Å². The minimum absolute atomic E-state index is 0.203. The largest absolute Gasteiger partial charge is 0.363 e. The van der Waals surface area contributed by atoms with Gasteiger partial charge in [-0.3, -0.25) is 14.8 Å². The fourth-order valence-electron chi connectivity index (χ4n) is 2.94. The molecule has 150 valence electrons. The van der Waals surface area contributed by atoms with Crippen molar-refractivity contribution in [3.8, 4) is 0 Å². The van der Waals surface area contributed by atoms with Gasteiger partial charge in [0, 0.05) is 49.5 Å². The second-order valence-corrected chi connectivity index (χ2v) is 6.97. The second kappa shape index (κ2) is 8.12. The molecule has 0 atom stereocenters. The smallest absolute Gasteiger partial charge is 0.255 e. The van der Waals surface area contributed by atoms with Gasteiger partial charge in [0.05, 0.1) is 11.0 Å². The minimum atomic E-state index is -0.203. The van der Waals surface area contributed by atoms with Crippen molar-refractivity contribution in [2.24, 2.45) is 0 Å². The lowest BCUT2D eigenvalue weighted by Gasteiger charge is -2.14. The van der Waals surface area contributed by atoms with Crippen LogP contribution in [0.25, 0.3) is 11.0 Å². The molecule has 4 rings (SSSR count). The van der Waals surface area contributed by atoms with E-state index < -0.39 is 0 Å². The molecule has 0 aliphatic rings. The Morgan fingerprint density at radius 2 is 1.57 bits per heavy atom. The van der Waals surface area contributed by atoms with E-state index in [9.17, 15) is 4.79 Å². The molecule has 0 aliphatic carbocycles.